The molecule has 0 aliphatic heterocycles. The van der Waals surface area contributed by atoms with Gasteiger partial charge in [-0.2, -0.15) is 0 Å². The van der Waals surface area contributed by atoms with Gasteiger partial charge < -0.3 is 14.9 Å². The molecule has 5 heteroatoms. The van der Waals surface area contributed by atoms with Gasteiger partial charge in [-0.25, -0.2) is 4.79 Å². The van der Waals surface area contributed by atoms with Crippen molar-refractivity contribution in [1.29, 1.82) is 0 Å². The number of allylic oxidation sites excluding steroid dienone is 1. The molecule has 1 aromatic rings. The number of rotatable bonds is 5. The lowest BCUT2D eigenvalue weighted by Gasteiger charge is -2.60. The molecule has 0 saturated heterocycles. The Morgan fingerprint density at radius 3 is 2.44 bits per heavy atom. The van der Waals surface area contributed by atoms with Crippen LogP contribution >= 0.6 is 0 Å². The van der Waals surface area contributed by atoms with E-state index in [-0.39, 0.29) is 27.9 Å². The summed E-state index contributed by atoms with van der Waals surface area (Å²) in [4.78, 5) is 24.0. The normalized spacial score (nSPS) is 41.6. The van der Waals surface area contributed by atoms with Crippen molar-refractivity contribution >= 4 is 11.8 Å². The van der Waals surface area contributed by atoms with Crippen LogP contribution in [0, 0.1) is 40.9 Å². The number of carbonyl (C=O) groups is 2. The van der Waals surface area contributed by atoms with Gasteiger partial charge >= 0.3 is 5.97 Å². The molecule has 0 bridgehead atoms. The first-order chi connectivity index (χ1) is 16.9. The predicted octanol–water partition coefficient (Wildman–Crippen LogP) is 6.11. The summed E-state index contributed by atoms with van der Waals surface area (Å²) in [5, 5.41) is 20.3. The molecule has 0 radical (unpaired) electrons. The highest BCUT2D eigenvalue weighted by Gasteiger charge is 2.64. The Hall–Kier alpha value is -1.98. The van der Waals surface area contributed by atoms with Crippen LogP contribution in [0.5, 0.6) is 0 Å². The third kappa shape index (κ3) is 3.64. The standard InChI is InChI=1S/C31H42O5/c1-18-16-20(28(34)35)6-7-21(18)17-36-27-25-9-8-22-23(29(25,3)13-12-26(27)33)10-15-31(5)24(22)11-14-30(31,4)19(2)32/h6-7,9,16,22-24,26-27,33H,8,10-15,17H2,1-5H3,(H,34,35)/t22?,23?,24?,26-,27?,29+,30+,31-/m0/s1. The number of carbonyl (C=O) groups excluding carboxylic acids is 1. The number of hydrogen-bond donors (Lipinski definition) is 2. The lowest BCUT2D eigenvalue weighted by molar-refractivity contribution is -0.140. The number of Topliss-reactive ketones (excluding diaryl/α,β-unsaturated/α-hetero) is 1. The number of carboxylic acids is 1. The lowest BCUT2D eigenvalue weighted by Crippen LogP contribution is -2.55. The van der Waals surface area contributed by atoms with Gasteiger partial charge in [0.15, 0.2) is 0 Å². The fourth-order valence-electron chi connectivity index (χ4n) is 8.91. The van der Waals surface area contributed by atoms with E-state index in [4.69, 9.17) is 4.74 Å². The maximum atomic E-state index is 12.7. The summed E-state index contributed by atoms with van der Waals surface area (Å²) in [6, 6.07) is 5.13. The Labute approximate surface area is 215 Å². The first-order valence-electron chi connectivity index (χ1n) is 13.8. The molecular formula is C31H42O5. The monoisotopic (exact) mass is 494 g/mol. The number of fused-ring (bicyclic) bond motifs is 5. The van der Waals surface area contributed by atoms with Crippen molar-refractivity contribution in [3.63, 3.8) is 0 Å². The molecule has 5 rings (SSSR count). The van der Waals surface area contributed by atoms with E-state index in [9.17, 15) is 19.8 Å². The van der Waals surface area contributed by atoms with Gasteiger partial charge in [0.25, 0.3) is 0 Å². The van der Waals surface area contributed by atoms with Gasteiger partial charge in [-0.05, 0) is 116 Å². The van der Waals surface area contributed by atoms with E-state index in [1.54, 1.807) is 19.1 Å². The minimum absolute atomic E-state index is 0.00552. The molecule has 4 unspecified atom stereocenters. The SMILES string of the molecule is CC(=O)[C@@]1(C)CCC2C3CC=C4C(OCc5ccc(C(=O)O)cc5C)[C@@H](O)CC[C@]4(C)C3CC[C@@]21C. The number of benzene rings is 1. The average Bonchev–Trinajstić information content (AvgIpc) is 3.11. The molecule has 0 heterocycles. The molecule has 5 nitrogen and oxygen atoms in total. The molecule has 1 aromatic carbocycles. The van der Waals surface area contributed by atoms with Crippen molar-refractivity contribution in [3.8, 4) is 0 Å². The largest absolute Gasteiger partial charge is 0.478 e. The summed E-state index contributed by atoms with van der Waals surface area (Å²) in [6.45, 7) is 11.1. The quantitative estimate of drug-likeness (QED) is 0.483. The Morgan fingerprint density at radius 2 is 1.78 bits per heavy atom. The van der Waals surface area contributed by atoms with Crippen LogP contribution in [0.4, 0.5) is 0 Å². The van der Waals surface area contributed by atoms with E-state index in [0.717, 1.165) is 56.1 Å². The second-order valence-corrected chi connectivity index (χ2v) is 12.9. The molecule has 36 heavy (non-hydrogen) atoms. The van der Waals surface area contributed by atoms with Crippen LogP contribution in [-0.4, -0.2) is 34.2 Å². The Kier molecular flexibility index (Phi) is 6.27. The van der Waals surface area contributed by atoms with Gasteiger partial charge in [-0.1, -0.05) is 32.9 Å². The second-order valence-electron chi connectivity index (χ2n) is 12.9. The molecule has 0 amide bonds. The van der Waals surface area contributed by atoms with E-state index in [0.29, 0.717) is 30.1 Å². The van der Waals surface area contributed by atoms with Crippen molar-refractivity contribution in [3.05, 3.63) is 46.5 Å². The fourth-order valence-corrected chi connectivity index (χ4v) is 8.91. The van der Waals surface area contributed by atoms with Crippen molar-refractivity contribution in [1.82, 2.24) is 0 Å². The average molecular weight is 495 g/mol. The Bertz CT molecular complexity index is 1110. The summed E-state index contributed by atoms with van der Waals surface area (Å²) >= 11 is 0. The molecule has 0 spiro atoms. The number of ketones is 1. The maximum Gasteiger partial charge on any atom is 0.335 e. The minimum atomic E-state index is -0.930. The lowest BCUT2D eigenvalue weighted by atomic mass is 9.45. The van der Waals surface area contributed by atoms with Crippen LogP contribution in [0.25, 0.3) is 0 Å². The van der Waals surface area contributed by atoms with Gasteiger partial charge in [-0.3, -0.25) is 4.79 Å². The van der Waals surface area contributed by atoms with Crippen LogP contribution in [0.1, 0.15) is 94.1 Å². The van der Waals surface area contributed by atoms with Gasteiger partial charge in [-0.15, -0.1) is 0 Å². The number of ether oxygens (including phenoxy) is 1. The second kappa shape index (κ2) is 8.80. The van der Waals surface area contributed by atoms with Crippen LogP contribution in [0.2, 0.25) is 0 Å². The Balaban J connectivity index is 1.39. The van der Waals surface area contributed by atoms with Crippen molar-refractivity contribution in [2.75, 3.05) is 0 Å². The number of aryl methyl sites for hydroxylation is 1. The maximum absolute atomic E-state index is 12.7. The van der Waals surface area contributed by atoms with Gasteiger partial charge in [0.1, 0.15) is 11.9 Å². The van der Waals surface area contributed by atoms with Crippen LogP contribution in [0.3, 0.4) is 0 Å². The van der Waals surface area contributed by atoms with Crippen LogP contribution in [-0.2, 0) is 16.1 Å². The number of aliphatic hydroxyl groups excluding tert-OH is 1. The zero-order chi connectivity index (χ0) is 26.0. The van der Waals surface area contributed by atoms with Crippen molar-refractivity contribution in [2.24, 2.45) is 34.0 Å². The molecule has 4 aliphatic rings. The van der Waals surface area contributed by atoms with E-state index in [1.807, 2.05) is 13.0 Å². The van der Waals surface area contributed by atoms with Gasteiger partial charge in [0.2, 0.25) is 0 Å². The zero-order valence-corrected chi connectivity index (χ0v) is 22.5. The Morgan fingerprint density at radius 1 is 1.06 bits per heavy atom. The molecule has 3 fully saturated rings. The van der Waals surface area contributed by atoms with Crippen LogP contribution in [0.15, 0.2) is 29.8 Å². The van der Waals surface area contributed by atoms with E-state index in [2.05, 4.69) is 26.8 Å². The smallest absolute Gasteiger partial charge is 0.335 e. The van der Waals surface area contributed by atoms with Crippen LogP contribution < -0.4 is 0 Å². The summed E-state index contributed by atoms with van der Waals surface area (Å²) in [5.41, 5.74) is 3.25. The highest BCUT2D eigenvalue weighted by Crippen LogP contribution is 2.69. The summed E-state index contributed by atoms with van der Waals surface area (Å²) in [7, 11) is 0. The third-order valence-electron chi connectivity index (χ3n) is 11.5. The first-order valence-corrected chi connectivity index (χ1v) is 13.8. The third-order valence-corrected chi connectivity index (χ3v) is 11.5. The predicted molar refractivity (Wildman–Crippen MR) is 139 cm³/mol. The molecule has 196 valence electrons. The van der Waals surface area contributed by atoms with Gasteiger partial charge in [0.05, 0.1) is 18.3 Å². The zero-order valence-electron chi connectivity index (χ0n) is 22.5. The highest BCUT2D eigenvalue weighted by molar-refractivity contribution is 5.87. The topological polar surface area (TPSA) is 83.8 Å². The van der Waals surface area contributed by atoms with E-state index >= 15 is 0 Å². The highest BCUT2D eigenvalue weighted by atomic mass is 16.5. The molecular weight excluding hydrogens is 452 g/mol. The molecule has 0 aromatic heterocycles. The van der Waals surface area contributed by atoms with Crippen molar-refractivity contribution < 1.29 is 24.5 Å². The van der Waals surface area contributed by atoms with E-state index in [1.165, 1.54) is 5.57 Å². The molecule has 4 aliphatic carbocycles. The number of carboxylic acid groups (broad SMARTS) is 1. The molecule has 3 saturated carbocycles. The summed E-state index contributed by atoms with van der Waals surface area (Å²) in [6.07, 6.45) is 8.60. The summed E-state index contributed by atoms with van der Waals surface area (Å²) < 4.78 is 6.44. The number of hydrogen-bond acceptors (Lipinski definition) is 4. The summed E-state index contributed by atoms with van der Waals surface area (Å²) in [5.74, 6) is 1.13. The molecule has 2 N–H and O–H groups in total. The fraction of sp³-hybridized carbons (Fsp3) is 0.677. The van der Waals surface area contributed by atoms with E-state index < -0.39 is 12.1 Å². The first kappa shape index (κ1) is 25.7. The number of aliphatic hydroxyl groups is 1. The minimum Gasteiger partial charge on any atom is -0.478 e. The van der Waals surface area contributed by atoms with Crippen molar-refractivity contribution in [2.45, 2.75) is 98.4 Å². The number of aromatic carboxylic acids is 1. The van der Waals surface area contributed by atoms with Gasteiger partial charge in [0, 0.05) is 5.41 Å². The molecule has 8 atom stereocenters.